The first-order valence-electron chi connectivity index (χ1n) is 9.85. The van der Waals surface area contributed by atoms with Crippen molar-refractivity contribution in [3.05, 3.63) is 58.2 Å². The third-order valence-corrected chi connectivity index (χ3v) is 6.05. The Hall–Kier alpha value is -1.65. The van der Waals surface area contributed by atoms with Gasteiger partial charge in [-0.15, -0.1) is 24.0 Å². The van der Waals surface area contributed by atoms with E-state index in [1.165, 1.54) is 11.3 Å². The average molecular weight is 524 g/mol. The number of imidazole rings is 1. The maximum absolute atomic E-state index is 4.68. The molecule has 0 saturated carbocycles. The molecule has 0 bridgehead atoms. The highest BCUT2D eigenvalue weighted by Crippen LogP contribution is 2.15. The van der Waals surface area contributed by atoms with Crippen LogP contribution in [-0.2, 0) is 13.1 Å². The van der Waals surface area contributed by atoms with Gasteiger partial charge in [-0.2, -0.15) is 11.3 Å². The molecular formula is C21H29IN6S. The Kier molecular flexibility index (Phi) is 7.91. The van der Waals surface area contributed by atoms with Crippen molar-refractivity contribution in [2.45, 2.75) is 38.9 Å². The Bertz CT molecular complexity index is 928. The SMILES string of the molecule is CN=C(NCc1cn2c(C)cccc2n1)NC1CCN(Cc2ccsc2)CC1.I. The van der Waals surface area contributed by atoms with Gasteiger partial charge in [0, 0.05) is 44.6 Å². The lowest BCUT2D eigenvalue weighted by atomic mass is 10.0. The number of nitrogens with zero attached hydrogens (tertiary/aromatic N) is 4. The lowest BCUT2D eigenvalue weighted by Gasteiger charge is -2.32. The van der Waals surface area contributed by atoms with E-state index >= 15 is 0 Å². The summed E-state index contributed by atoms with van der Waals surface area (Å²) in [5, 5.41) is 11.4. The molecule has 4 rings (SSSR count). The molecule has 3 aromatic heterocycles. The largest absolute Gasteiger partial charge is 0.354 e. The van der Waals surface area contributed by atoms with Gasteiger partial charge in [0.25, 0.3) is 0 Å². The Morgan fingerprint density at radius 2 is 2.10 bits per heavy atom. The number of piperidine rings is 1. The summed E-state index contributed by atoms with van der Waals surface area (Å²) in [6.45, 7) is 6.07. The molecule has 29 heavy (non-hydrogen) atoms. The van der Waals surface area contributed by atoms with E-state index in [4.69, 9.17) is 0 Å². The van der Waals surface area contributed by atoms with Gasteiger partial charge in [-0.25, -0.2) is 4.98 Å². The minimum Gasteiger partial charge on any atom is -0.354 e. The fourth-order valence-corrected chi connectivity index (χ4v) is 4.38. The molecule has 3 aromatic rings. The van der Waals surface area contributed by atoms with E-state index < -0.39 is 0 Å². The number of hydrogen-bond acceptors (Lipinski definition) is 4. The summed E-state index contributed by atoms with van der Waals surface area (Å²) in [5.41, 5.74) is 4.62. The second-order valence-corrected chi connectivity index (χ2v) is 8.16. The second kappa shape index (κ2) is 10.4. The summed E-state index contributed by atoms with van der Waals surface area (Å²) in [4.78, 5) is 11.6. The van der Waals surface area contributed by atoms with E-state index in [1.807, 2.05) is 19.2 Å². The molecule has 0 atom stereocenters. The van der Waals surface area contributed by atoms with Crippen LogP contribution in [0.5, 0.6) is 0 Å². The molecular weight excluding hydrogens is 495 g/mol. The third-order valence-electron chi connectivity index (χ3n) is 5.32. The van der Waals surface area contributed by atoms with E-state index in [9.17, 15) is 0 Å². The predicted octanol–water partition coefficient (Wildman–Crippen LogP) is 3.65. The molecule has 0 radical (unpaired) electrons. The summed E-state index contributed by atoms with van der Waals surface area (Å²) in [6.07, 6.45) is 4.37. The van der Waals surface area contributed by atoms with Crippen molar-refractivity contribution >= 4 is 46.9 Å². The molecule has 1 aliphatic rings. The van der Waals surface area contributed by atoms with Gasteiger partial charge in [0.15, 0.2) is 5.96 Å². The zero-order valence-electron chi connectivity index (χ0n) is 17.0. The second-order valence-electron chi connectivity index (χ2n) is 7.38. The van der Waals surface area contributed by atoms with Crippen LogP contribution in [0.1, 0.15) is 29.8 Å². The molecule has 0 unspecified atom stereocenters. The lowest BCUT2D eigenvalue weighted by Crippen LogP contribution is -2.48. The molecule has 6 nitrogen and oxygen atoms in total. The van der Waals surface area contributed by atoms with Crippen molar-refractivity contribution in [1.82, 2.24) is 24.9 Å². The molecule has 1 aliphatic heterocycles. The first kappa shape index (κ1) is 22.0. The van der Waals surface area contributed by atoms with Crippen LogP contribution in [0.3, 0.4) is 0 Å². The van der Waals surface area contributed by atoms with Gasteiger partial charge >= 0.3 is 0 Å². The average Bonchev–Trinajstić information content (AvgIpc) is 3.36. The molecule has 156 valence electrons. The van der Waals surface area contributed by atoms with Crippen molar-refractivity contribution in [2.24, 2.45) is 4.99 Å². The van der Waals surface area contributed by atoms with Gasteiger partial charge in [0.1, 0.15) is 5.65 Å². The smallest absolute Gasteiger partial charge is 0.191 e. The summed E-state index contributed by atoms with van der Waals surface area (Å²) in [7, 11) is 1.83. The Balaban J connectivity index is 0.00000240. The van der Waals surface area contributed by atoms with Crippen LogP contribution in [0.25, 0.3) is 5.65 Å². The molecule has 0 aromatic carbocycles. The highest BCUT2D eigenvalue weighted by Gasteiger charge is 2.20. The number of pyridine rings is 1. The van der Waals surface area contributed by atoms with Gasteiger partial charge < -0.3 is 15.0 Å². The first-order valence-corrected chi connectivity index (χ1v) is 10.8. The number of halogens is 1. The maximum Gasteiger partial charge on any atom is 0.191 e. The quantitative estimate of drug-likeness (QED) is 0.304. The van der Waals surface area contributed by atoms with E-state index in [-0.39, 0.29) is 24.0 Å². The fraction of sp³-hybridized carbons (Fsp3) is 0.429. The Morgan fingerprint density at radius 1 is 1.28 bits per heavy atom. The zero-order valence-corrected chi connectivity index (χ0v) is 20.1. The van der Waals surface area contributed by atoms with Crippen molar-refractivity contribution < 1.29 is 0 Å². The molecule has 0 amide bonds. The standard InChI is InChI=1S/C21H28N6S.HI/c1-16-4-3-5-20-24-19(14-27(16)20)12-23-21(22-2)25-18-6-9-26(10-7-18)13-17-8-11-28-15-17;/h3-5,8,11,14-15,18H,6-7,9-10,12-13H2,1-2H3,(H2,22,23,25);1H. The Labute approximate surface area is 193 Å². The number of nitrogens with one attached hydrogen (secondary N) is 2. The number of aliphatic imine (C=N–C) groups is 1. The number of fused-ring (bicyclic) bond motifs is 1. The normalized spacial score (nSPS) is 16.0. The molecule has 1 fully saturated rings. The molecule has 4 heterocycles. The molecule has 2 N–H and O–H groups in total. The highest BCUT2D eigenvalue weighted by molar-refractivity contribution is 14.0. The molecule has 1 saturated heterocycles. The summed E-state index contributed by atoms with van der Waals surface area (Å²) in [6, 6.07) is 8.86. The molecule has 0 spiro atoms. The van der Waals surface area contributed by atoms with Gasteiger partial charge in [-0.05, 0) is 54.3 Å². The van der Waals surface area contributed by atoms with Crippen LogP contribution in [0, 0.1) is 6.92 Å². The molecule has 0 aliphatic carbocycles. The van der Waals surface area contributed by atoms with Crippen LogP contribution >= 0.6 is 35.3 Å². The van der Waals surface area contributed by atoms with Crippen molar-refractivity contribution in [3.63, 3.8) is 0 Å². The minimum absolute atomic E-state index is 0. The molecule has 8 heteroatoms. The maximum atomic E-state index is 4.68. The van der Waals surface area contributed by atoms with Crippen molar-refractivity contribution in [2.75, 3.05) is 20.1 Å². The van der Waals surface area contributed by atoms with E-state index in [1.54, 1.807) is 11.3 Å². The lowest BCUT2D eigenvalue weighted by molar-refractivity contribution is 0.198. The highest BCUT2D eigenvalue weighted by atomic mass is 127. The topological polar surface area (TPSA) is 57.0 Å². The predicted molar refractivity (Wildman–Crippen MR) is 131 cm³/mol. The Morgan fingerprint density at radius 3 is 2.79 bits per heavy atom. The minimum atomic E-state index is 0. The number of guanidine groups is 1. The number of aromatic nitrogens is 2. The number of rotatable bonds is 5. The number of thiophene rings is 1. The van der Waals surface area contributed by atoms with Gasteiger partial charge in [-0.3, -0.25) is 9.89 Å². The zero-order chi connectivity index (χ0) is 19.3. The fourth-order valence-electron chi connectivity index (χ4n) is 3.72. The van der Waals surface area contributed by atoms with Gasteiger partial charge in [-0.1, -0.05) is 6.07 Å². The number of likely N-dealkylation sites (tertiary alicyclic amines) is 1. The third kappa shape index (κ3) is 5.70. The first-order chi connectivity index (χ1) is 13.7. The van der Waals surface area contributed by atoms with E-state index in [0.717, 1.165) is 49.8 Å². The summed E-state index contributed by atoms with van der Waals surface area (Å²) < 4.78 is 2.12. The van der Waals surface area contributed by atoms with Crippen LogP contribution < -0.4 is 10.6 Å². The van der Waals surface area contributed by atoms with E-state index in [2.05, 4.69) is 65.9 Å². The number of aryl methyl sites for hydroxylation is 1. The summed E-state index contributed by atoms with van der Waals surface area (Å²) in [5.74, 6) is 0.852. The van der Waals surface area contributed by atoms with Crippen LogP contribution in [0.2, 0.25) is 0 Å². The number of hydrogen-bond donors (Lipinski definition) is 2. The van der Waals surface area contributed by atoms with Crippen LogP contribution in [-0.4, -0.2) is 46.4 Å². The van der Waals surface area contributed by atoms with Crippen molar-refractivity contribution in [3.8, 4) is 0 Å². The van der Waals surface area contributed by atoms with Gasteiger partial charge in [0.05, 0.1) is 12.2 Å². The van der Waals surface area contributed by atoms with Crippen LogP contribution in [0.4, 0.5) is 0 Å². The van der Waals surface area contributed by atoms with Gasteiger partial charge in [0.2, 0.25) is 0 Å². The van der Waals surface area contributed by atoms with Crippen LogP contribution in [0.15, 0.2) is 46.2 Å². The van der Waals surface area contributed by atoms with Crippen molar-refractivity contribution in [1.29, 1.82) is 0 Å². The van der Waals surface area contributed by atoms with E-state index in [0.29, 0.717) is 12.6 Å². The summed E-state index contributed by atoms with van der Waals surface area (Å²) >= 11 is 1.78. The monoisotopic (exact) mass is 524 g/mol.